The molecule has 0 fully saturated rings. The van der Waals surface area contributed by atoms with E-state index in [0.29, 0.717) is 5.69 Å². The molecule has 2 aromatic rings. The van der Waals surface area contributed by atoms with Crippen LogP contribution in [-0.2, 0) is 25.5 Å². The molecule has 0 aliphatic heterocycles. The SMILES string of the molecule is CSc1ccccc1NC(=O)COC(=O)CNC(=O)Cc1ccccc1. The topological polar surface area (TPSA) is 84.5 Å². The lowest BCUT2D eigenvalue weighted by atomic mass is 10.1. The summed E-state index contributed by atoms with van der Waals surface area (Å²) < 4.78 is 4.88. The zero-order chi connectivity index (χ0) is 18.8. The fourth-order valence-electron chi connectivity index (χ4n) is 2.15. The Hall–Kier alpha value is -2.80. The molecule has 136 valence electrons. The van der Waals surface area contributed by atoms with Gasteiger partial charge in [0, 0.05) is 4.90 Å². The number of hydrogen-bond donors (Lipinski definition) is 2. The third kappa shape index (κ3) is 6.60. The number of amides is 2. The number of thioether (sulfide) groups is 1. The Morgan fingerprint density at radius 1 is 0.962 bits per heavy atom. The average molecular weight is 372 g/mol. The van der Waals surface area contributed by atoms with Crippen LogP contribution in [0, 0.1) is 0 Å². The number of hydrogen-bond acceptors (Lipinski definition) is 5. The molecule has 0 spiro atoms. The molecule has 0 aliphatic carbocycles. The Morgan fingerprint density at radius 2 is 1.65 bits per heavy atom. The first-order valence-corrected chi connectivity index (χ1v) is 9.20. The molecular weight excluding hydrogens is 352 g/mol. The van der Waals surface area contributed by atoms with Gasteiger partial charge in [0.1, 0.15) is 6.54 Å². The number of para-hydroxylation sites is 1. The number of carbonyl (C=O) groups excluding carboxylic acids is 3. The van der Waals surface area contributed by atoms with Crippen molar-refractivity contribution in [1.29, 1.82) is 0 Å². The van der Waals surface area contributed by atoms with Crippen molar-refractivity contribution in [2.45, 2.75) is 11.3 Å². The summed E-state index contributed by atoms with van der Waals surface area (Å²) in [7, 11) is 0. The van der Waals surface area contributed by atoms with Gasteiger partial charge in [0.2, 0.25) is 5.91 Å². The number of rotatable bonds is 8. The van der Waals surface area contributed by atoms with Gasteiger partial charge in [0.05, 0.1) is 12.1 Å². The molecule has 0 saturated carbocycles. The van der Waals surface area contributed by atoms with Gasteiger partial charge in [-0.15, -0.1) is 11.8 Å². The van der Waals surface area contributed by atoms with Crippen molar-refractivity contribution in [3.8, 4) is 0 Å². The first-order valence-electron chi connectivity index (χ1n) is 7.97. The minimum Gasteiger partial charge on any atom is -0.454 e. The molecular formula is C19H20N2O4S. The minimum absolute atomic E-state index is 0.181. The number of nitrogens with one attached hydrogen (secondary N) is 2. The van der Waals surface area contributed by atoms with E-state index in [1.165, 1.54) is 11.8 Å². The van der Waals surface area contributed by atoms with Crippen LogP contribution >= 0.6 is 11.8 Å². The minimum atomic E-state index is -0.667. The van der Waals surface area contributed by atoms with Gasteiger partial charge in [0.15, 0.2) is 6.61 Å². The van der Waals surface area contributed by atoms with Crippen molar-refractivity contribution >= 4 is 35.2 Å². The molecule has 0 heterocycles. The molecule has 0 saturated heterocycles. The summed E-state index contributed by atoms with van der Waals surface area (Å²) in [4.78, 5) is 36.2. The highest BCUT2D eigenvalue weighted by atomic mass is 32.2. The highest BCUT2D eigenvalue weighted by Gasteiger charge is 2.11. The lowest BCUT2D eigenvalue weighted by Gasteiger charge is -2.10. The molecule has 0 bridgehead atoms. The van der Waals surface area contributed by atoms with Crippen LogP contribution in [0.1, 0.15) is 5.56 Å². The predicted octanol–water partition coefficient (Wildman–Crippen LogP) is 2.25. The van der Waals surface area contributed by atoms with Crippen LogP contribution in [0.15, 0.2) is 59.5 Å². The van der Waals surface area contributed by atoms with Crippen molar-refractivity contribution in [2.24, 2.45) is 0 Å². The monoisotopic (exact) mass is 372 g/mol. The van der Waals surface area contributed by atoms with Crippen LogP contribution in [0.5, 0.6) is 0 Å². The summed E-state index contributed by atoms with van der Waals surface area (Å²) in [5.74, 6) is -1.39. The average Bonchev–Trinajstić information content (AvgIpc) is 2.66. The van der Waals surface area contributed by atoms with Crippen molar-refractivity contribution in [3.05, 3.63) is 60.2 Å². The Labute approximate surface area is 156 Å². The van der Waals surface area contributed by atoms with Crippen LogP contribution in [0.3, 0.4) is 0 Å². The summed E-state index contributed by atoms with van der Waals surface area (Å²) in [5, 5.41) is 5.16. The van der Waals surface area contributed by atoms with Crippen molar-refractivity contribution in [2.75, 3.05) is 24.7 Å². The van der Waals surface area contributed by atoms with Gasteiger partial charge in [-0.05, 0) is 24.0 Å². The van der Waals surface area contributed by atoms with Gasteiger partial charge in [0.25, 0.3) is 5.91 Å². The number of ether oxygens (including phenoxy) is 1. The van der Waals surface area contributed by atoms with Gasteiger partial charge in [-0.3, -0.25) is 14.4 Å². The highest BCUT2D eigenvalue weighted by Crippen LogP contribution is 2.24. The van der Waals surface area contributed by atoms with E-state index in [1.807, 2.05) is 54.8 Å². The lowest BCUT2D eigenvalue weighted by molar-refractivity contribution is -0.147. The van der Waals surface area contributed by atoms with Crippen LogP contribution < -0.4 is 10.6 Å². The second-order valence-electron chi connectivity index (χ2n) is 5.35. The van der Waals surface area contributed by atoms with E-state index in [-0.39, 0.29) is 18.9 Å². The molecule has 0 aliphatic rings. The molecule has 0 radical (unpaired) electrons. The maximum absolute atomic E-state index is 11.9. The molecule has 0 unspecified atom stereocenters. The third-order valence-corrected chi connectivity index (χ3v) is 4.18. The predicted molar refractivity (Wildman–Crippen MR) is 101 cm³/mol. The summed E-state index contributed by atoms with van der Waals surface area (Å²) in [6.07, 6.45) is 2.09. The summed E-state index contributed by atoms with van der Waals surface area (Å²) in [6, 6.07) is 16.5. The summed E-state index contributed by atoms with van der Waals surface area (Å²) in [6.45, 7) is -0.684. The Kier molecular flexibility index (Phi) is 7.70. The highest BCUT2D eigenvalue weighted by molar-refractivity contribution is 7.98. The van der Waals surface area contributed by atoms with Crippen LogP contribution in [0.25, 0.3) is 0 Å². The fourth-order valence-corrected chi connectivity index (χ4v) is 2.70. The summed E-state index contributed by atoms with van der Waals surface area (Å²) in [5.41, 5.74) is 1.52. The van der Waals surface area contributed by atoms with Crippen molar-refractivity contribution in [3.63, 3.8) is 0 Å². The Bertz CT molecular complexity index is 765. The fraction of sp³-hybridized carbons (Fsp3) is 0.211. The van der Waals surface area contributed by atoms with Gasteiger partial charge < -0.3 is 15.4 Å². The van der Waals surface area contributed by atoms with Crippen LogP contribution in [0.2, 0.25) is 0 Å². The Morgan fingerprint density at radius 3 is 2.38 bits per heavy atom. The number of benzene rings is 2. The number of esters is 1. The van der Waals surface area contributed by atoms with E-state index < -0.39 is 18.5 Å². The van der Waals surface area contributed by atoms with E-state index in [1.54, 1.807) is 6.07 Å². The van der Waals surface area contributed by atoms with Gasteiger partial charge >= 0.3 is 5.97 Å². The van der Waals surface area contributed by atoms with Gasteiger partial charge in [-0.1, -0.05) is 42.5 Å². The standard InChI is InChI=1S/C19H20N2O4S/c1-26-16-10-6-5-9-15(16)21-18(23)13-25-19(24)12-20-17(22)11-14-7-3-2-4-8-14/h2-10H,11-13H2,1H3,(H,20,22)(H,21,23). The van der Waals surface area contributed by atoms with Gasteiger partial charge in [-0.25, -0.2) is 0 Å². The number of carbonyl (C=O) groups is 3. The lowest BCUT2D eigenvalue weighted by Crippen LogP contribution is -2.33. The maximum Gasteiger partial charge on any atom is 0.325 e. The largest absolute Gasteiger partial charge is 0.454 e. The van der Waals surface area contributed by atoms with Crippen molar-refractivity contribution < 1.29 is 19.1 Å². The van der Waals surface area contributed by atoms with Crippen LogP contribution in [-0.4, -0.2) is 37.2 Å². The molecule has 6 nitrogen and oxygen atoms in total. The number of anilines is 1. The van der Waals surface area contributed by atoms with Crippen LogP contribution in [0.4, 0.5) is 5.69 Å². The van der Waals surface area contributed by atoms with E-state index >= 15 is 0 Å². The maximum atomic E-state index is 11.9. The van der Waals surface area contributed by atoms with E-state index in [2.05, 4.69) is 10.6 Å². The van der Waals surface area contributed by atoms with E-state index in [0.717, 1.165) is 10.5 Å². The second-order valence-corrected chi connectivity index (χ2v) is 6.20. The first-order chi connectivity index (χ1) is 12.6. The molecule has 2 aromatic carbocycles. The molecule has 2 rings (SSSR count). The molecule has 0 atom stereocenters. The summed E-state index contributed by atoms with van der Waals surface area (Å²) >= 11 is 1.50. The smallest absolute Gasteiger partial charge is 0.325 e. The zero-order valence-corrected chi connectivity index (χ0v) is 15.2. The normalized spacial score (nSPS) is 10.0. The second kappa shape index (κ2) is 10.2. The van der Waals surface area contributed by atoms with Crippen molar-refractivity contribution in [1.82, 2.24) is 5.32 Å². The van der Waals surface area contributed by atoms with E-state index in [9.17, 15) is 14.4 Å². The van der Waals surface area contributed by atoms with Gasteiger partial charge in [-0.2, -0.15) is 0 Å². The Balaban J connectivity index is 1.69. The molecule has 2 N–H and O–H groups in total. The first kappa shape index (κ1) is 19.5. The molecule has 0 aromatic heterocycles. The zero-order valence-electron chi connectivity index (χ0n) is 14.4. The van der Waals surface area contributed by atoms with E-state index in [4.69, 9.17) is 4.74 Å². The molecule has 2 amide bonds. The third-order valence-electron chi connectivity index (χ3n) is 3.38. The quantitative estimate of drug-likeness (QED) is 0.548. The molecule has 26 heavy (non-hydrogen) atoms. The molecule has 7 heteroatoms.